The summed E-state index contributed by atoms with van der Waals surface area (Å²) in [5, 5.41) is 3.78. The molecule has 0 bridgehead atoms. The number of fused-ring (bicyclic) bond motifs is 1. The molecule has 8 nitrogen and oxygen atoms in total. The number of amides is 1. The summed E-state index contributed by atoms with van der Waals surface area (Å²) in [4.78, 5) is 29.6. The van der Waals surface area contributed by atoms with Crippen LogP contribution in [0.3, 0.4) is 0 Å². The lowest BCUT2D eigenvalue weighted by Crippen LogP contribution is -2.46. The second kappa shape index (κ2) is 10.4. The zero-order valence-electron chi connectivity index (χ0n) is 20.1. The molecule has 1 atom stereocenters. The third kappa shape index (κ3) is 6.35. The summed E-state index contributed by atoms with van der Waals surface area (Å²) < 4.78 is 15.8. The Kier molecular flexibility index (Phi) is 7.79. The quantitative estimate of drug-likeness (QED) is 0.631. The first-order valence-electron chi connectivity index (χ1n) is 11.4. The summed E-state index contributed by atoms with van der Waals surface area (Å²) in [6.07, 6.45) is 3.80. The summed E-state index contributed by atoms with van der Waals surface area (Å²) >= 11 is 0. The summed E-state index contributed by atoms with van der Waals surface area (Å²) in [6, 6.07) is 7.20. The third-order valence-electron chi connectivity index (χ3n) is 6.06. The molecular formula is C25H35N3O5. The van der Waals surface area contributed by atoms with Crippen LogP contribution in [-0.4, -0.2) is 49.0 Å². The van der Waals surface area contributed by atoms with Gasteiger partial charge in [-0.2, -0.15) is 0 Å². The van der Waals surface area contributed by atoms with Crippen molar-refractivity contribution in [1.29, 1.82) is 0 Å². The summed E-state index contributed by atoms with van der Waals surface area (Å²) in [6.45, 7) is 5.53. The fourth-order valence-electron chi connectivity index (χ4n) is 4.40. The minimum absolute atomic E-state index is 0.160. The van der Waals surface area contributed by atoms with E-state index < -0.39 is 17.7 Å². The van der Waals surface area contributed by atoms with Gasteiger partial charge in [0.05, 0.1) is 25.3 Å². The van der Waals surface area contributed by atoms with Gasteiger partial charge in [0.2, 0.25) is 5.88 Å². The Morgan fingerprint density at radius 2 is 1.82 bits per heavy atom. The number of hydrogen-bond acceptors (Lipinski definition) is 7. The number of pyridine rings is 1. The van der Waals surface area contributed by atoms with E-state index in [1.165, 1.54) is 7.11 Å². The summed E-state index contributed by atoms with van der Waals surface area (Å²) in [5.41, 5.74) is 7.53. The maximum Gasteiger partial charge on any atom is 0.407 e. The number of nitrogens with zero attached hydrogens (tertiary/aromatic N) is 1. The van der Waals surface area contributed by atoms with Gasteiger partial charge < -0.3 is 25.3 Å². The fraction of sp³-hybridized carbons (Fsp3) is 0.560. The monoisotopic (exact) mass is 457 g/mol. The molecule has 0 aliphatic heterocycles. The van der Waals surface area contributed by atoms with Gasteiger partial charge >= 0.3 is 12.1 Å². The van der Waals surface area contributed by atoms with Crippen molar-refractivity contribution < 1.29 is 23.8 Å². The van der Waals surface area contributed by atoms with Gasteiger partial charge in [-0.25, -0.2) is 14.6 Å². The van der Waals surface area contributed by atoms with E-state index in [0.717, 1.165) is 31.2 Å². The van der Waals surface area contributed by atoms with E-state index in [4.69, 9.17) is 19.9 Å². The van der Waals surface area contributed by atoms with Crippen molar-refractivity contribution in [1.82, 2.24) is 10.3 Å². The van der Waals surface area contributed by atoms with E-state index >= 15 is 0 Å². The van der Waals surface area contributed by atoms with Crippen LogP contribution < -0.4 is 15.8 Å². The highest BCUT2D eigenvalue weighted by atomic mass is 16.6. The van der Waals surface area contributed by atoms with Crippen LogP contribution in [0.15, 0.2) is 24.3 Å². The lowest BCUT2D eigenvalue weighted by Gasteiger charge is -2.34. The molecule has 0 spiro atoms. The van der Waals surface area contributed by atoms with E-state index in [9.17, 15) is 9.59 Å². The predicted molar refractivity (Wildman–Crippen MR) is 126 cm³/mol. The van der Waals surface area contributed by atoms with Gasteiger partial charge in [0.1, 0.15) is 5.60 Å². The molecule has 3 rings (SSSR count). The highest BCUT2D eigenvalue weighted by Gasteiger charge is 2.30. The molecule has 1 aliphatic rings. The molecule has 3 N–H and O–H groups in total. The van der Waals surface area contributed by atoms with Gasteiger partial charge in [-0.05, 0) is 76.5 Å². The zero-order chi connectivity index (χ0) is 24.2. The van der Waals surface area contributed by atoms with E-state index in [1.54, 1.807) is 19.2 Å². The number of esters is 1. The molecular weight excluding hydrogens is 422 g/mol. The minimum Gasteiger partial charge on any atom is -0.481 e. The highest BCUT2D eigenvalue weighted by molar-refractivity contribution is 6.04. The molecule has 0 saturated heterocycles. The molecule has 33 heavy (non-hydrogen) atoms. The van der Waals surface area contributed by atoms with Gasteiger partial charge in [0.15, 0.2) is 0 Å². The Morgan fingerprint density at radius 1 is 1.12 bits per heavy atom. The molecule has 2 aromatic rings. The van der Waals surface area contributed by atoms with Crippen LogP contribution in [0.2, 0.25) is 0 Å². The molecule has 1 aliphatic carbocycles. The van der Waals surface area contributed by atoms with Crippen molar-refractivity contribution in [2.75, 3.05) is 14.2 Å². The summed E-state index contributed by atoms with van der Waals surface area (Å²) in [5.74, 6) is 0.285. The number of carbonyl (C=O) groups excluding carboxylic acids is 2. The molecule has 1 amide bonds. The van der Waals surface area contributed by atoms with Gasteiger partial charge in [0.25, 0.3) is 0 Å². The smallest absolute Gasteiger partial charge is 0.407 e. The number of hydrogen-bond donors (Lipinski definition) is 2. The molecule has 1 heterocycles. The normalized spacial score (nSPS) is 19.6. The van der Waals surface area contributed by atoms with Gasteiger partial charge in [0, 0.05) is 23.5 Å². The van der Waals surface area contributed by atoms with Gasteiger partial charge in [-0.3, -0.25) is 0 Å². The number of ether oxygens (including phenoxy) is 3. The lowest BCUT2D eigenvalue weighted by molar-refractivity contribution is 0.0475. The Labute approximate surface area is 195 Å². The van der Waals surface area contributed by atoms with Crippen LogP contribution in [-0.2, 0) is 15.9 Å². The van der Waals surface area contributed by atoms with Crippen LogP contribution in [0.5, 0.6) is 5.88 Å². The Bertz CT molecular complexity index is 993. The number of benzene rings is 1. The average Bonchev–Trinajstić information content (AvgIpc) is 2.77. The Balaban J connectivity index is 1.97. The predicted octanol–water partition coefficient (Wildman–Crippen LogP) is 3.98. The zero-order valence-corrected chi connectivity index (χ0v) is 20.1. The minimum atomic E-state index is -0.590. The fourth-order valence-corrected chi connectivity index (χ4v) is 4.40. The number of aromatic nitrogens is 1. The topological polar surface area (TPSA) is 113 Å². The number of carbonyl (C=O) groups is 2. The van der Waals surface area contributed by atoms with Crippen molar-refractivity contribution in [3.05, 3.63) is 35.4 Å². The van der Waals surface area contributed by atoms with Crippen LogP contribution in [0.25, 0.3) is 10.9 Å². The van der Waals surface area contributed by atoms with Crippen molar-refractivity contribution in [3.63, 3.8) is 0 Å². The van der Waals surface area contributed by atoms with Crippen LogP contribution >= 0.6 is 0 Å². The molecule has 180 valence electrons. The Hall–Kier alpha value is -2.87. The van der Waals surface area contributed by atoms with E-state index in [1.807, 2.05) is 32.9 Å². The molecule has 1 unspecified atom stereocenters. The largest absolute Gasteiger partial charge is 0.481 e. The van der Waals surface area contributed by atoms with Crippen LogP contribution in [0.4, 0.5) is 4.79 Å². The first kappa shape index (κ1) is 24.8. The van der Waals surface area contributed by atoms with E-state index in [0.29, 0.717) is 28.8 Å². The Morgan fingerprint density at radius 3 is 2.42 bits per heavy atom. The number of rotatable bonds is 6. The molecule has 8 heteroatoms. The van der Waals surface area contributed by atoms with Crippen LogP contribution in [0, 0.1) is 5.92 Å². The van der Waals surface area contributed by atoms with Crippen molar-refractivity contribution in [2.24, 2.45) is 11.7 Å². The summed E-state index contributed by atoms with van der Waals surface area (Å²) in [7, 11) is 2.91. The molecule has 1 saturated carbocycles. The number of methoxy groups -OCH3 is 2. The standard InChI is InChI=1S/C25H35N3O5/c1-25(2,3)33-24(30)27-20(15-6-9-17(26)10-7-15)14-16-8-11-19(23(29)32-5)18-12-13-21(31-4)28-22(16)18/h8,11-13,15,17,20H,6-7,9-10,14,26H2,1-5H3,(H,27,30)/t15-,17-,20?. The molecule has 0 radical (unpaired) electrons. The van der Waals surface area contributed by atoms with Gasteiger partial charge in [-0.15, -0.1) is 0 Å². The van der Waals surface area contributed by atoms with Gasteiger partial charge in [-0.1, -0.05) is 6.07 Å². The SMILES string of the molecule is COC(=O)c1ccc(CC(NC(=O)OC(C)(C)C)[C@H]2CC[C@H](N)CC2)c2nc(OC)ccc12. The first-order chi connectivity index (χ1) is 15.6. The average molecular weight is 458 g/mol. The van der Waals surface area contributed by atoms with Crippen molar-refractivity contribution >= 4 is 23.0 Å². The maximum atomic E-state index is 12.7. The highest BCUT2D eigenvalue weighted by Crippen LogP contribution is 2.31. The van der Waals surface area contributed by atoms with E-state index in [2.05, 4.69) is 10.3 Å². The molecule has 1 aromatic carbocycles. The third-order valence-corrected chi connectivity index (χ3v) is 6.06. The maximum absolute atomic E-state index is 12.7. The number of nitrogens with two attached hydrogens (primary N) is 1. The van der Waals surface area contributed by atoms with Crippen LogP contribution in [0.1, 0.15) is 62.4 Å². The van der Waals surface area contributed by atoms with Crippen molar-refractivity contribution in [2.45, 2.75) is 70.6 Å². The first-order valence-corrected chi connectivity index (χ1v) is 11.4. The molecule has 1 fully saturated rings. The second-order valence-electron chi connectivity index (χ2n) is 9.65. The number of alkyl carbamates (subject to hydrolysis) is 1. The van der Waals surface area contributed by atoms with E-state index in [-0.39, 0.29) is 18.0 Å². The second-order valence-corrected chi connectivity index (χ2v) is 9.65. The lowest BCUT2D eigenvalue weighted by atomic mass is 9.79. The number of nitrogens with one attached hydrogen (secondary N) is 1. The van der Waals surface area contributed by atoms with Crippen molar-refractivity contribution in [3.8, 4) is 5.88 Å². The molecule has 1 aromatic heterocycles.